The molecule has 1 amide bonds. The number of halogens is 2. The highest BCUT2D eigenvalue weighted by molar-refractivity contribution is 6.33. The van der Waals surface area contributed by atoms with E-state index in [2.05, 4.69) is 10.6 Å². The first-order chi connectivity index (χ1) is 8.57. The van der Waals surface area contributed by atoms with Gasteiger partial charge in [-0.1, -0.05) is 18.5 Å². The molecule has 1 aliphatic rings. The van der Waals surface area contributed by atoms with Crippen LogP contribution in [0.4, 0.5) is 10.1 Å². The van der Waals surface area contributed by atoms with Gasteiger partial charge >= 0.3 is 0 Å². The fraction of sp³-hybridized carbons (Fsp3) is 0.462. The zero-order valence-corrected chi connectivity index (χ0v) is 11.0. The summed E-state index contributed by atoms with van der Waals surface area (Å²) in [6.07, 6.45) is 2.46. The van der Waals surface area contributed by atoms with E-state index in [4.69, 9.17) is 11.6 Å². The zero-order chi connectivity index (χ0) is 13.2. The van der Waals surface area contributed by atoms with Crippen molar-refractivity contribution in [3.63, 3.8) is 0 Å². The molecule has 0 bridgehead atoms. The second-order valence-corrected chi connectivity index (χ2v) is 4.95. The van der Waals surface area contributed by atoms with Crippen LogP contribution >= 0.6 is 11.6 Å². The molecular weight excluding hydrogens is 255 g/mol. The molecule has 1 saturated heterocycles. The lowest BCUT2D eigenvalue weighted by atomic mass is 9.93. The molecule has 0 spiro atoms. The minimum atomic E-state index is -0.546. The van der Waals surface area contributed by atoms with Crippen LogP contribution in [0.15, 0.2) is 18.2 Å². The predicted molar refractivity (Wildman–Crippen MR) is 70.3 cm³/mol. The first-order valence-corrected chi connectivity index (χ1v) is 6.47. The van der Waals surface area contributed by atoms with Gasteiger partial charge in [-0.3, -0.25) is 4.79 Å². The Morgan fingerprint density at radius 1 is 1.61 bits per heavy atom. The molecule has 0 aromatic heterocycles. The van der Waals surface area contributed by atoms with E-state index in [0.717, 1.165) is 19.4 Å². The van der Waals surface area contributed by atoms with Gasteiger partial charge in [0.2, 0.25) is 5.91 Å². The summed E-state index contributed by atoms with van der Waals surface area (Å²) >= 11 is 5.93. The Balaban J connectivity index is 2.18. The highest BCUT2D eigenvalue weighted by atomic mass is 35.5. The Labute approximate surface area is 111 Å². The minimum Gasteiger partial charge on any atom is -0.323 e. The third-order valence-corrected chi connectivity index (χ3v) is 3.79. The lowest BCUT2D eigenvalue weighted by Gasteiger charge is -2.26. The summed E-state index contributed by atoms with van der Waals surface area (Å²) in [5.41, 5.74) is -0.224. The highest BCUT2D eigenvalue weighted by Gasteiger charge is 2.39. The number of hydrogen-bond acceptors (Lipinski definition) is 2. The van der Waals surface area contributed by atoms with Gasteiger partial charge in [0.1, 0.15) is 5.82 Å². The van der Waals surface area contributed by atoms with Crippen LogP contribution < -0.4 is 10.6 Å². The normalized spacial score (nSPS) is 23.1. The van der Waals surface area contributed by atoms with E-state index in [-0.39, 0.29) is 5.91 Å². The molecule has 3 nitrogen and oxygen atoms in total. The average molecular weight is 271 g/mol. The molecule has 1 aromatic rings. The lowest BCUT2D eigenvalue weighted by molar-refractivity contribution is -0.122. The van der Waals surface area contributed by atoms with Crippen LogP contribution in [0.5, 0.6) is 0 Å². The molecule has 1 unspecified atom stereocenters. The molecule has 98 valence electrons. The SMILES string of the molecule is CCC1(C(=O)Nc2cc(F)ccc2Cl)CCCN1. The molecule has 1 heterocycles. The predicted octanol–water partition coefficient (Wildman–Crippen LogP) is 2.95. The maximum Gasteiger partial charge on any atom is 0.244 e. The van der Waals surface area contributed by atoms with Gasteiger partial charge in [-0.15, -0.1) is 0 Å². The molecule has 1 aliphatic heterocycles. The van der Waals surface area contributed by atoms with Crippen molar-refractivity contribution < 1.29 is 9.18 Å². The largest absolute Gasteiger partial charge is 0.323 e. The van der Waals surface area contributed by atoms with E-state index >= 15 is 0 Å². The van der Waals surface area contributed by atoms with Crippen LogP contribution in [0.1, 0.15) is 26.2 Å². The number of anilines is 1. The van der Waals surface area contributed by atoms with Gasteiger partial charge in [-0.2, -0.15) is 0 Å². The number of carbonyl (C=O) groups is 1. The molecule has 2 rings (SSSR count). The Hall–Kier alpha value is -1.13. The number of benzene rings is 1. The lowest BCUT2D eigenvalue weighted by Crippen LogP contribution is -2.50. The second kappa shape index (κ2) is 5.24. The van der Waals surface area contributed by atoms with Gasteiger partial charge in [0.25, 0.3) is 0 Å². The van der Waals surface area contributed by atoms with Crippen molar-refractivity contribution in [2.24, 2.45) is 0 Å². The van der Waals surface area contributed by atoms with Crippen molar-refractivity contribution in [2.45, 2.75) is 31.7 Å². The van der Waals surface area contributed by atoms with Crippen LogP contribution in [0, 0.1) is 5.82 Å². The molecule has 0 radical (unpaired) electrons. The van der Waals surface area contributed by atoms with Gasteiger partial charge in [0.05, 0.1) is 16.2 Å². The van der Waals surface area contributed by atoms with Crippen LogP contribution in [-0.4, -0.2) is 18.0 Å². The fourth-order valence-electron chi connectivity index (χ4n) is 2.30. The van der Waals surface area contributed by atoms with Gasteiger partial charge in [0, 0.05) is 0 Å². The standard InChI is InChI=1S/C13H16ClFN2O/c1-2-13(6-3-7-16-13)12(18)17-11-8-9(15)4-5-10(11)14/h4-5,8,16H,2-3,6-7H2,1H3,(H,17,18). The van der Waals surface area contributed by atoms with E-state index in [9.17, 15) is 9.18 Å². The molecule has 5 heteroatoms. The Morgan fingerprint density at radius 2 is 2.39 bits per heavy atom. The number of hydrogen-bond donors (Lipinski definition) is 2. The van der Waals surface area contributed by atoms with Crippen molar-refractivity contribution in [1.82, 2.24) is 5.32 Å². The van der Waals surface area contributed by atoms with Crippen molar-refractivity contribution in [3.05, 3.63) is 29.0 Å². The highest BCUT2D eigenvalue weighted by Crippen LogP contribution is 2.27. The quantitative estimate of drug-likeness (QED) is 0.887. The summed E-state index contributed by atoms with van der Waals surface area (Å²) in [4.78, 5) is 12.3. The number of nitrogens with one attached hydrogen (secondary N) is 2. The van der Waals surface area contributed by atoms with E-state index in [1.54, 1.807) is 0 Å². The second-order valence-electron chi connectivity index (χ2n) is 4.54. The Bertz CT molecular complexity index is 458. The van der Waals surface area contributed by atoms with Crippen molar-refractivity contribution in [3.8, 4) is 0 Å². The Morgan fingerprint density at radius 3 is 3.00 bits per heavy atom. The monoisotopic (exact) mass is 270 g/mol. The molecular formula is C13H16ClFN2O. The van der Waals surface area contributed by atoms with E-state index < -0.39 is 11.4 Å². The van der Waals surface area contributed by atoms with Crippen LogP contribution in [0.25, 0.3) is 0 Å². The minimum absolute atomic E-state index is 0.144. The number of carbonyl (C=O) groups excluding carboxylic acids is 1. The maximum absolute atomic E-state index is 13.1. The fourth-order valence-corrected chi connectivity index (χ4v) is 2.46. The molecule has 1 aromatic carbocycles. The molecule has 0 aliphatic carbocycles. The topological polar surface area (TPSA) is 41.1 Å². The summed E-state index contributed by atoms with van der Waals surface area (Å²) in [5.74, 6) is -0.561. The molecule has 0 saturated carbocycles. The van der Waals surface area contributed by atoms with Crippen LogP contribution in [0.2, 0.25) is 5.02 Å². The summed E-state index contributed by atoms with van der Waals surface area (Å²) < 4.78 is 13.1. The molecule has 2 N–H and O–H groups in total. The van der Waals surface area contributed by atoms with Crippen LogP contribution in [0.3, 0.4) is 0 Å². The molecule has 1 atom stereocenters. The van der Waals surface area contributed by atoms with E-state index in [1.807, 2.05) is 6.92 Å². The summed E-state index contributed by atoms with van der Waals surface area (Å²) in [6.45, 7) is 2.79. The van der Waals surface area contributed by atoms with Crippen molar-refractivity contribution in [1.29, 1.82) is 0 Å². The van der Waals surface area contributed by atoms with Gasteiger partial charge < -0.3 is 10.6 Å². The third kappa shape index (κ3) is 2.49. The zero-order valence-electron chi connectivity index (χ0n) is 10.2. The van der Waals surface area contributed by atoms with E-state index in [0.29, 0.717) is 17.1 Å². The summed E-state index contributed by atoms with van der Waals surface area (Å²) in [6, 6.07) is 3.94. The average Bonchev–Trinajstić information content (AvgIpc) is 2.84. The summed E-state index contributed by atoms with van der Waals surface area (Å²) in [5, 5.41) is 6.28. The van der Waals surface area contributed by atoms with E-state index in [1.165, 1.54) is 18.2 Å². The molecule has 1 fully saturated rings. The first kappa shape index (κ1) is 13.3. The number of amides is 1. The smallest absolute Gasteiger partial charge is 0.244 e. The van der Waals surface area contributed by atoms with Gasteiger partial charge in [-0.05, 0) is 44.0 Å². The molecule has 18 heavy (non-hydrogen) atoms. The van der Waals surface area contributed by atoms with Crippen LogP contribution in [-0.2, 0) is 4.79 Å². The number of rotatable bonds is 3. The van der Waals surface area contributed by atoms with Crippen molar-refractivity contribution >= 4 is 23.2 Å². The third-order valence-electron chi connectivity index (χ3n) is 3.46. The van der Waals surface area contributed by atoms with Crippen molar-refractivity contribution in [2.75, 3.05) is 11.9 Å². The summed E-state index contributed by atoms with van der Waals surface area (Å²) in [7, 11) is 0. The Kier molecular flexibility index (Phi) is 3.88. The maximum atomic E-state index is 13.1. The van der Waals surface area contributed by atoms with Gasteiger partial charge in [0.15, 0.2) is 0 Å². The van der Waals surface area contributed by atoms with Gasteiger partial charge in [-0.25, -0.2) is 4.39 Å². The first-order valence-electron chi connectivity index (χ1n) is 6.09.